The lowest BCUT2D eigenvalue weighted by Crippen LogP contribution is -1.89. The Hall–Kier alpha value is -1.76. The first-order valence-electron chi connectivity index (χ1n) is 5.10. The van der Waals surface area contributed by atoms with Crippen LogP contribution >= 0.6 is 0 Å². The number of nitrogen functional groups attached to an aromatic ring is 1. The predicted molar refractivity (Wildman–Crippen MR) is 65.8 cm³/mol. The van der Waals surface area contributed by atoms with Gasteiger partial charge in [-0.05, 0) is 36.6 Å². The lowest BCUT2D eigenvalue weighted by molar-refractivity contribution is 1.45. The number of hydrogen-bond acceptors (Lipinski definition) is 1. The zero-order chi connectivity index (χ0) is 10.8. The number of benzene rings is 2. The van der Waals surface area contributed by atoms with Crippen LogP contribution in [0.25, 0.3) is 11.1 Å². The molecule has 1 heteroatoms. The van der Waals surface area contributed by atoms with E-state index in [1.165, 1.54) is 16.7 Å². The molecule has 2 aromatic rings. The third-order valence-electron chi connectivity index (χ3n) is 2.66. The molecule has 0 heterocycles. The van der Waals surface area contributed by atoms with E-state index in [1.807, 2.05) is 13.0 Å². The van der Waals surface area contributed by atoms with Crippen molar-refractivity contribution in [3.63, 3.8) is 0 Å². The highest BCUT2D eigenvalue weighted by Gasteiger charge is 1.99. The van der Waals surface area contributed by atoms with Crippen LogP contribution in [0, 0.1) is 13.8 Å². The molecule has 0 radical (unpaired) electrons. The number of hydrogen-bond donors (Lipinski definition) is 1. The molecule has 76 valence electrons. The Morgan fingerprint density at radius 2 is 1.40 bits per heavy atom. The van der Waals surface area contributed by atoms with E-state index in [9.17, 15) is 0 Å². The maximum atomic E-state index is 5.89. The summed E-state index contributed by atoms with van der Waals surface area (Å²) in [6, 6.07) is 14.7. The van der Waals surface area contributed by atoms with Gasteiger partial charge in [0.25, 0.3) is 0 Å². The van der Waals surface area contributed by atoms with Crippen molar-refractivity contribution < 1.29 is 0 Å². The topological polar surface area (TPSA) is 26.0 Å². The van der Waals surface area contributed by atoms with Crippen LogP contribution in [0.3, 0.4) is 0 Å². The standard InChI is InChI=1S/C14H15N/c1-10-3-6-12(7-4-10)13-8-5-11(2)14(15)9-13/h3-9H,15H2,1-2H3. The van der Waals surface area contributed by atoms with Gasteiger partial charge in [0, 0.05) is 5.69 Å². The molecule has 2 N–H and O–H groups in total. The smallest absolute Gasteiger partial charge is 0.0349 e. The van der Waals surface area contributed by atoms with Gasteiger partial charge in [-0.15, -0.1) is 0 Å². The zero-order valence-electron chi connectivity index (χ0n) is 9.12. The van der Waals surface area contributed by atoms with Gasteiger partial charge < -0.3 is 5.73 Å². The molecule has 0 saturated carbocycles. The van der Waals surface area contributed by atoms with Gasteiger partial charge in [0.15, 0.2) is 0 Å². The van der Waals surface area contributed by atoms with Gasteiger partial charge >= 0.3 is 0 Å². The predicted octanol–water partition coefficient (Wildman–Crippen LogP) is 3.55. The third-order valence-corrected chi connectivity index (χ3v) is 2.66. The molecule has 0 unspecified atom stereocenters. The maximum Gasteiger partial charge on any atom is 0.0349 e. The molecule has 0 fully saturated rings. The Labute approximate surface area is 90.6 Å². The van der Waals surface area contributed by atoms with E-state index in [2.05, 4.69) is 43.3 Å². The van der Waals surface area contributed by atoms with E-state index >= 15 is 0 Å². The van der Waals surface area contributed by atoms with E-state index in [0.29, 0.717) is 0 Å². The van der Waals surface area contributed by atoms with Crippen LogP contribution < -0.4 is 5.73 Å². The van der Waals surface area contributed by atoms with Crippen LogP contribution in [0.2, 0.25) is 0 Å². The summed E-state index contributed by atoms with van der Waals surface area (Å²) in [5.74, 6) is 0. The summed E-state index contributed by atoms with van der Waals surface area (Å²) in [5.41, 5.74) is 11.5. The van der Waals surface area contributed by atoms with Crippen molar-refractivity contribution in [2.24, 2.45) is 0 Å². The Kier molecular flexibility index (Phi) is 2.46. The highest BCUT2D eigenvalue weighted by Crippen LogP contribution is 2.23. The monoisotopic (exact) mass is 197 g/mol. The fraction of sp³-hybridized carbons (Fsp3) is 0.143. The summed E-state index contributed by atoms with van der Waals surface area (Å²) in [4.78, 5) is 0. The fourth-order valence-electron chi connectivity index (χ4n) is 1.57. The molecule has 2 rings (SSSR count). The van der Waals surface area contributed by atoms with Crippen molar-refractivity contribution in [3.8, 4) is 11.1 Å². The number of aryl methyl sites for hydroxylation is 2. The van der Waals surface area contributed by atoms with Crippen LogP contribution in [0.4, 0.5) is 5.69 Å². The van der Waals surface area contributed by atoms with Crippen LogP contribution in [0.1, 0.15) is 11.1 Å². The van der Waals surface area contributed by atoms with Crippen LogP contribution in [-0.2, 0) is 0 Å². The molecule has 0 aliphatic carbocycles. The quantitative estimate of drug-likeness (QED) is 0.695. The van der Waals surface area contributed by atoms with Gasteiger partial charge in [-0.25, -0.2) is 0 Å². The minimum Gasteiger partial charge on any atom is -0.398 e. The van der Waals surface area contributed by atoms with E-state index in [1.54, 1.807) is 0 Å². The first-order chi connectivity index (χ1) is 7.16. The molecule has 1 nitrogen and oxygen atoms in total. The van der Waals surface area contributed by atoms with Crippen LogP contribution in [-0.4, -0.2) is 0 Å². The summed E-state index contributed by atoms with van der Waals surface area (Å²) in [6.45, 7) is 4.11. The second-order valence-corrected chi connectivity index (χ2v) is 3.94. The van der Waals surface area contributed by atoms with Crippen molar-refractivity contribution in [2.45, 2.75) is 13.8 Å². The van der Waals surface area contributed by atoms with Gasteiger partial charge in [-0.3, -0.25) is 0 Å². The average Bonchev–Trinajstić information content (AvgIpc) is 2.23. The van der Waals surface area contributed by atoms with Crippen molar-refractivity contribution in [2.75, 3.05) is 5.73 Å². The number of nitrogens with two attached hydrogens (primary N) is 1. The molecule has 0 aliphatic heterocycles. The summed E-state index contributed by atoms with van der Waals surface area (Å²) in [5, 5.41) is 0. The molecular formula is C14H15N. The van der Waals surface area contributed by atoms with Gasteiger partial charge in [0.2, 0.25) is 0 Å². The minimum absolute atomic E-state index is 0.855. The molecule has 15 heavy (non-hydrogen) atoms. The molecule has 0 amide bonds. The Morgan fingerprint density at radius 1 is 0.800 bits per heavy atom. The van der Waals surface area contributed by atoms with Crippen molar-refractivity contribution in [1.82, 2.24) is 0 Å². The molecule has 0 saturated heterocycles. The summed E-state index contributed by atoms with van der Waals surface area (Å²) in [6.07, 6.45) is 0. The van der Waals surface area contributed by atoms with E-state index in [0.717, 1.165) is 11.3 Å². The van der Waals surface area contributed by atoms with Crippen molar-refractivity contribution >= 4 is 5.69 Å². The largest absolute Gasteiger partial charge is 0.398 e. The molecule has 0 atom stereocenters. The van der Waals surface area contributed by atoms with Crippen LogP contribution in [0.5, 0.6) is 0 Å². The normalized spacial score (nSPS) is 10.3. The van der Waals surface area contributed by atoms with E-state index < -0.39 is 0 Å². The van der Waals surface area contributed by atoms with Gasteiger partial charge in [0.1, 0.15) is 0 Å². The number of anilines is 1. The van der Waals surface area contributed by atoms with Crippen LogP contribution in [0.15, 0.2) is 42.5 Å². The van der Waals surface area contributed by atoms with Gasteiger partial charge in [-0.2, -0.15) is 0 Å². The average molecular weight is 197 g/mol. The SMILES string of the molecule is Cc1ccc(-c2ccc(C)c(N)c2)cc1. The molecule has 0 bridgehead atoms. The zero-order valence-corrected chi connectivity index (χ0v) is 9.12. The van der Waals surface area contributed by atoms with Gasteiger partial charge in [0.05, 0.1) is 0 Å². The minimum atomic E-state index is 0.855. The van der Waals surface area contributed by atoms with E-state index in [4.69, 9.17) is 5.73 Å². The number of rotatable bonds is 1. The Balaban J connectivity index is 2.45. The fourth-order valence-corrected chi connectivity index (χ4v) is 1.57. The Bertz CT molecular complexity index is 469. The van der Waals surface area contributed by atoms with Gasteiger partial charge in [-0.1, -0.05) is 42.0 Å². The molecule has 0 aliphatic rings. The first-order valence-corrected chi connectivity index (χ1v) is 5.10. The Morgan fingerprint density at radius 3 is 2.00 bits per heavy atom. The molecular weight excluding hydrogens is 182 g/mol. The molecule has 0 aromatic heterocycles. The second-order valence-electron chi connectivity index (χ2n) is 3.94. The summed E-state index contributed by atoms with van der Waals surface area (Å²) < 4.78 is 0. The first kappa shape index (κ1) is 9.78. The second kappa shape index (κ2) is 3.77. The molecule has 0 spiro atoms. The third kappa shape index (κ3) is 2.01. The lowest BCUT2D eigenvalue weighted by Gasteiger charge is -2.05. The summed E-state index contributed by atoms with van der Waals surface area (Å²) >= 11 is 0. The maximum absolute atomic E-state index is 5.89. The van der Waals surface area contributed by atoms with E-state index in [-0.39, 0.29) is 0 Å². The summed E-state index contributed by atoms with van der Waals surface area (Å²) in [7, 11) is 0. The van der Waals surface area contributed by atoms with Crippen molar-refractivity contribution in [3.05, 3.63) is 53.6 Å². The van der Waals surface area contributed by atoms with Crippen molar-refractivity contribution in [1.29, 1.82) is 0 Å². The highest BCUT2D eigenvalue weighted by molar-refractivity contribution is 5.69. The lowest BCUT2D eigenvalue weighted by atomic mass is 10.0. The molecule has 2 aromatic carbocycles. The highest BCUT2D eigenvalue weighted by atomic mass is 14.5.